The number of carbonyl (C=O) groups is 1. The van der Waals surface area contributed by atoms with Crippen molar-refractivity contribution in [3.8, 4) is 0 Å². The summed E-state index contributed by atoms with van der Waals surface area (Å²) in [7, 11) is 4.34. The molecule has 10 heteroatoms. The second kappa shape index (κ2) is 56.3. The van der Waals surface area contributed by atoms with E-state index in [0.717, 1.165) is 38.4 Å². The zero-order valence-electron chi connectivity index (χ0n) is 25.6. The summed E-state index contributed by atoms with van der Waals surface area (Å²) in [6.45, 7) is 33.5. The largest absolute Gasteiger partial charge is 0 e. The van der Waals surface area contributed by atoms with E-state index in [9.17, 15) is 4.79 Å². The fraction of sp³-hybridized carbons (Fsp3) is 0.815. The molecule has 0 aliphatic carbocycles. The van der Waals surface area contributed by atoms with Crippen molar-refractivity contribution in [2.75, 3.05) is 44.8 Å². The van der Waals surface area contributed by atoms with Crippen molar-refractivity contribution in [2.45, 2.75) is 101 Å². The number of nitrogens with zero attached hydrogens (tertiary/aromatic N) is 2. The van der Waals surface area contributed by atoms with E-state index in [4.69, 9.17) is 14.2 Å². The Kier molecular flexibility index (Phi) is 81.1. The SMILES string of the molecule is C=C(C)OCCCC.C=COCCCC.CC.CC(=O)CBr.CCN(CC)CC.C[C@@H]1CO1.[B]=NS.[Pd]. The Hall–Kier alpha value is 0.0273. The van der Waals surface area contributed by atoms with E-state index in [1.165, 1.54) is 45.7 Å². The van der Waals surface area contributed by atoms with Crippen LogP contribution in [0, 0.1) is 0 Å². The van der Waals surface area contributed by atoms with Crippen LogP contribution in [0.5, 0.6) is 0 Å². The molecule has 1 aliphatic heterocycles. The zero-order chi connectivity index (χ0) is 29.6. The molecule has 0 aromatic heterocycles. The number of alkyl halides is 1. The Bertz CT molecular complexity index is 428. The van der Waals surface area contributed by atoms with E-state index in [2.05, 4.69) is 100 Å². The van der Waals surface area contributed by atoms with Crippen molar-refractivity contribution in [3.05, 3.63) is 25.2 Å². The molecule has 0 unspecified atom stereocenters. The number of allylic oxidation sites excluding steroid dienone is 1. The zero-order valence-corrected chi connectivity index (χ0v) is 29.6. The second-order valence-corrected chi connectivity index (χ2v) is 7.80. The van der Waals surface area contributed by atoms with Crippen molar-refractivity contribution in [1.29, 1.82) is 0 Å². The summed E-state index contributed by atoms with van der Waals surface area (Å²) in [4.78, 5) is 12.1. The standard InChI is InChI=1S/C7H14O.C6H15N.C6H12O.C3H5BrO.C3H6O.C2H6.BHNS.Pd/c1-4-5-6-8-7(2)3;1-4-7(5-2)6-3;1-3-5-6-7-4-2;1-3(5)2-4;1-3-2-4-3;1-2;1-2-3;/h2,4-6H2,1,3H3;4-6H2,1-3H3;4H,2-3,5-6H2,1H3;2H2,1H3;3H,2H2,1H3;1-2H3;3H;/t;;;;3-;;;/m....1.../s1. The number of carbonyl (C=O) groups excluding carboxylic acids is 1. The van der Waals surface area contributed by atoms with Crippen molar-refractivity contribution >= 4 is 42.2 Å². The Morgan fingerprint density at radius 1 is 1.11 bits per heavy atom. The third kappa shape index (κ3) is 104. The number of hydrogen-bond acceptors (Lipinski definition) is 7. The summed E-state index contributed by atoms with van der Waals surface area (Å²) in [5.41, 5.74) is 0. The van der Waals surface area contributed by atoms with Crippen molar-refractivity contribution in [2.24, 2.45) is 4.30 Å². The van der Waals surface area contributed by atoms with Gasteiger partial charge in [-0.15, -0.1) is 0 Å². The summed E-state index contributed by atoms with van der Waals surface area (Å²) in [5.74, 6) is 0.989. The molecule has 1 aliphatic rings. The van der Waals surface area contributed by atoms with Crippen molar-refractivity contribution in [3.63, 3.8) is 0 Å². The smallest absolute Gasteiger partial charge is 0 e. The van der Waals surface area contributed by atoms with Gasteiger partial charge in [0.15, 0.2) is 0 Å². The van der Waals surface area contributed by atoms with Gasteiger partial charge < -0.3 is 19.1 Å². The van der Waals surface area contributed by atoms with Crippen LogP contribution in [0.15, 0.2) is 29.5 Å². The average molecular weight is 705 g/mol. The van der Waals surface area contributed by atoms with Gasteiger partial charge in [-0.3, -0.25) is 4.79 Å². The maximum Gasteiger partial charge on any atom is 0 e. The minimum Gasteiger partial charge on any atom is 0 e. The molecule has 0 aromatic rings. The number of ether oxygens (including phenoxy) is 3. The van der Waals surface area contributed by atoms with Gasteiger partial charge in [0, 0.05) is 20.4 Å². The third-order valence-electron chi connectivity index (χ3n) is 3.61. The van der Waals surface area contributed by atoms with Gasteiger partial charge in [-0.2, -0.15) is 0 Å². The molecule has 0 amide bonds. The number of ketones is 1. The number of thiol groups is 1. The number of halogens is 1. The van der Waals surface area contributed by atoms with Crippen LogP contribution in [0.25, 0.3) is 0 Å². The number of hydrogen-bond donors (Lipinski definition) is 1. The van der Waals surface area contributed by atoms with Gasteiger partial charge in [0.25, 0.3) is 0 Å². The Morgan fingerprint density at radius 3 is 1.59 bits per heavy atom. The van der Waals surface area contributed by atoms with Gasteiger partial charge in [0.1, 0.15) is 5.78 Å². The Morgan fingerprint density at radius 2 is 1.43 bits per heavy atom. The summed E-state index contributed by atoms with van der Waals surface area (Å²) < 4.78 is 17.3. The third-order valence-corrected chi connectivity index (χ3v) is 4.40. The molecule has 6 nitrogen and oxygen atoms in total. The molecule has 0 saturated carbocycles. The fourth-order valence-corrected chi connectivity index (χ4v) is 1.47. The first-order valence-electron chi connectivity index (χ1n) is 13.1. The number of unbranched alkanes of at least 4 members (excludes halogenated alkanes) is 2. The number of epoxide rings is 1. The fourth-order valence-electron chi connectivity index (χ4n) is 1.47. The van der Waals surface area contributed by atoms with E-state index >= 15 is 0 Å². The Labute approximate surface area is 260 Å². The van der Waals surface area contributed by atoms with E-state index in [1.807, 2.05) is 20.8 Å². The van der Waals surface area contributed by atoms with Gasteiger partial charge >= 0.3 is 24.8 Å². The Balaban J connectivity index is -0.0000000585. The summed E-state index contributed by atoms with van der Waals surface area (Å²) >= 11 is 6.16. The predicted molar refractivity (Wildman–Crippen MR) is 169 cm³/mol. The quantitative estimate of drug-likeness (QED) is 0.0554. The first kappa shape index (κ1) is 53.3. The topological polar surface area (TPSA) is 63.7 Å². The van der Waals surface area contributed by atoms with Crippen LogP contribution in [-0.2, 0) is 39.4 Å². The minimum absolute atomic E-state index is 0. The molecular formula is C27H59BBrN2O4PdS. The molecule has 1 radical (unpaired) electrons. The van der Waals surface area contributed by atoms with Gasteiger partial charge in [-0.05, 0) is 53.2 Å². The summed E-state index contributed by atoms with van der Waals surface area (Å²) in [6, 6.07) is 0. The maximum absolute atomic E-state index is 9.77. The second-order valence-electron chi connectivity index (χ2n) is 7.01. The molecule has 37 heavy (non-hydrogen) atoms. The average Bonchev–Trinajstić information content (AvgIpc) is 3.66. The van der Waals surface area contributed by atoms with Crippen LogP contribution < -0.4 is 0 Å². The normalized spacial score (nSPS) is 11.2. The van der Waals surface area contributed by atoms with Gasteiger partial charge in [-0.25, -0.2) is 0 Å². The number of Topliss-reactive ketones (excluding diaryl/α,β-unsaturated/α-hetero) is 1. The van der Waals surface area contributed by atoms with E-state index in [1.54, 1.807) is 0 Å². The molecule has 0 spiro atoms. The van der Waals surface area contributed by atoms with Crippen LogP contribution in [0.4, 0.5) is 0 Å². The molecule has 1 rings (SSSR count). The molecule has 0 aromatic carbocycles. The van der Waals surface area contributed by atoms with Crippen LogP contribution in [0.3, 0.4) is 0 Å². The maximum atomic E-state index is 9.77. The molecule has 1 atom stereocenters. The predicted octanol–water partition coefficient (Wildman–Crippen LogP) is 8.21. The van der Waals surface area contributed by atoms with Gasteiger partial charge in [0.2, 0.25) is 0 Å². The molecule has 0 N–H and O–H groups in total. The molecular weight excluding hydrogens is 646 g/mol. The van der Waals surface area contributed by atoms with Crippen molar-refractivity contribution in [1.82, 2.24) is 4.90 Å². The van der Waals surface area contributed by atoms with Gasteiger partial charge in [-0.1, -0.05) is 90.4 Å². The first-order valence-corrected chi connectivity index (χ1v) is 14.6. The van der Waals surface area contributed by atoms with E-state index < -0.39 is 0 Å². The molecule has 0 bridgehead atoms. The van der Waals surface area contributed by atoms with Crippen LogP contribution in [0.2, 0.25) is 0 Å². The summed E-state index contributed by atoms with van der Waals surface area (Å²) in [6.07, 6.45) is 6.70. The summed E-state index contributed by atoms with van der Waals surface area (Å²) in [5, 5.41) is 0.479. The number of rotatable bonds is 12. The molecule has 1 fully saturated rings. The molecule has 1 heterocycles. The van der Waals surface area contributed by atoms with Crippen LogP contribution >= 0.6 is 28.7 Å². The first-order chi connectivity index (χ1) is 17.1. The monoisotopic (exact) mass is 703 g/mol. The van der Waals surface area contributed by atoms with Crippen LogP contribution in [0.1, 0.15) is 94.9 Å². The molecule has 227 valence electrons. The molecule has 1 saturated heterocycles. The van der Waals surface area contributed by atoms with E-state index in [0.29, 0.717) is 11.4 Å². The van der Waals surface area contributed by atoms with E-state index in [-0.39, 0.29) is 26.2 Å². The van der Waals surface area contributed by atoms with Crippen LogP contribution in [-0.4, -0.2) is 69.2 Å². The minimum atomic E-state index is 0. The van der Waals surface area contributed by atoms with Crippen molar-refractivity contribution < 1.29 is 39.4 Å². The van der Waals surface area contributed by atoms with Gasteiger partial charge in [0.05, 0.1) is 43.3 Å².